The van der Waals surface area contributed by atoms with Gasteiger partial charge < -0.3 is 4.74 Å². The molecule has 0 heterocycles. The molecular formula is C15H21BrO. The van der Waals surface area contributed by atoms with Gasteiger partial charge in [0.25, 0.3) is 0 Å². The van der Waals surface area contributed by atoms with Gasteiger partial charge in [0.15, 0.2) is 0 Å². The molecule has 1 saturated carbocycles. The molecule has 3 atom stereocenters. The zero-order valence-electron chi connectivity index (χ0n) is 10.9. The van der Waals surface area contributed by atoms with Crippen LogP contribution in [0.15, 0.2) is 24.3 Å². The molecule has 0 amide bonds. The quantitative estimate of drug-likeness (QED) is 0.739. The van der Waals surface area contributed by atoms with Gasteiger partial charge >= 0.3 is 0 Å². The van der Waals surface area contributed by atoms with Gasteiger partial charge in [0.1, 0.15) is 11.9 Å². The summed E-state index contributed by atoms with van der Waals surface area (Å²) in [6, 6.07) is 8.39. The maximum absolute atomic E-state index is 6.22. The number of halogens is 1. The third-order valence-corrected chi connectivity index (χ3v) is 5.68. The lowest BCUT2D eigenvalue weighted by Gasteiger charge is -2.50. The number of rotatable bonds is 4. The second-order valence-electron chi connectivity index (χ2n) is 5.13. The van der Waals surface area contributed by atoms with Crippen LogP contribution in [-0.2, 0) is 6.42 Å². The monoisotopic (exact) mass is 296 g/mol. The van der Waals surface area contributed by atoms with E-state index in [1.165, 1.54) is 5.56 Å². The minimum atomic E-state index is 0.279. The first-order valence-corrected chi connectivity index (χ1v) is 7.42. The van der Waals surface area contributed by atoms with E-state index in [1.807, 2.05) is 0 Å². The van der Waals surface area contributed by atoms with Gasteiger partial charge in [-0.3, -0.25) is 0 Å². The predicted octanol–water partition coefficient (Wildman–Crippen LogP) is 4.58. The van der Waals surface area contributed by atoms with Crippen molar-refractivity contribution in [1.29, 1.82) is 0 Å². The molecular weight excluding hydrogens is 276 g/mol. The molecule has 2 heteroatoms. The van der Waals surface area contributed by atoms with Gasteiger partial charge in [0.05, 0.1) is 0 Å². The fraction of sp³-hybridized carbons (Fsp3) is 0.600. The zero-order chi connectivity index (χ0) is 12.5. The number of hydrogen-bond donors (Lipinski definition) is 0. The third kappa shape index (κ3) is 2.24. The molecule has 0 aliphatic heterocycles. The van der Waals surface area contributed by atoms with Crippen molar-refractivity contribution in [1.82, 2.24) is 0 Å². The fourth-order valence-electron chi connectivity index (χ4n) is 2.46. The lowest BCUT2D eigenvalue weighted by molar-refractivity contribution is -0.0248. The summed E-state index contributed by atoms with van der Waals surface area (Å²) in [7, 11) is 0. The Morgan fingerprint density at radius 1 is 1.35 bits per heavy atom. The molecule has 0 saturated heterocycles. The van der Waals surface area contributed by atoms with E-state index >= 15 is 0 Å². The van der Waals surface area contributed by atoms with E-state index in [4.69, 9.17) is 4.74 Å². The van der Waals surface area contributed by atoms with Crippen molar-refractivity contribution >= 4 is 15.9 Å². The normalized spacial score (nSPS) is 32.0. The highest BCUT2D eigenvalue weighted by Crippen LogP contribution is 2.50. The van der Waals surface area contributed by atoms with Gasteiger partial charge in [-0.25, -0.2) is 0 Å². The summed E-state index contributed by atoms with van der Waals surface area (Å²) in [6.07, 6.45) is 3.65. The molecule has 0 N–H and O–H groups in total. The van der Waals surface area contributed by atoms with Crippen LogP contribution in [0.4, 0.5) is 0 Å². The van der Waals surface area contributed by atoms with E-state index in [9.17, 15) is 0 Å². The third-order valence-electron chi connectivity index (χ3n) is 4.26. The number of hydrogen-bond acceptors (Lipinski definition) is 1. The second-order valence-corrected chi connectivity index (χ2v) is 6.24. The number of ether oxygens (including phenoxy) is 1. The smallest absolute Gasteiger partial charge is 0.122 e. The van der Waals surface area contributed by atoms with Crippen LogP contribution in [-0.4, -0.2) is 10.9 Å². The van der Waals surface area contributed by atoms with E-state index in [-0.39, 0.29) is 5.41 Å². The highest BCUT2D eigenvalue weighted by molar-refractivity contribution is 9.09. The summed E-state index contributed by atoms with van der Waals surface area (Å²) < 4.78 is 6.22. The molecule has 94 valence electrons. The molecule has 2 rings (SSSR count). The Morgan fingerprint density at radius 2 is 2.06 bits per heavy atom. The van der Waals surface area contributed by atoms with E-state index in [2.05, 4.69) is 61.0 Å². The van der Waals surface area contributed by atoms with Crippen LogP contribution >= 0.6 is 15.9 Å². The lowest BCUT2D eigenvalue weighted by Crippen LogP contribution is -2.54. The molecule has 1 aromatic carbocycles. The second kappa shape index (κ2) is 5.01. The maximum atomic E-state index is 6.22. The maximum Gasteiger partial charge on any atom is 0.122 e. The molecule has 0 bridgehead atoms. The summed E-state index contributed by atoms with van der Waals surface area (Å²) in [5.74, 6) is 1.07. The molecule has 1 aliphatic carbocycles. The van der Waals surface area contributed by atoms with Crippen molar-refractivity contribution in [2.45, 2.75) is 51.0 Å². The Bertz CT molecular complexity index is 390. The number of alkyl halides is 1. The molecule has 3 unspecified atom stereocenters. The molecule has 1 aromatic rings. The van der Waals surface area contributed by atoms with E-state index in [0.717, 1.165) is 25.0 Å². The van der Waals surface area contributed by atoms with Crippen molar-refractivity contribution in [2.75, 3.05) is 0 Å². The van der Waals surface area contributed by atoms with Crippen LogP contribution in [0.3, 0.4) is 0 Å². The first kappa shape index (κ1) is 12.9. The van der Waals surface area contributed by atoms with Crippen LogP contribution in [0.25, 0.3) is 0 Å². The van der Waals surface area contributed by atoms with E-state index < -0.39 is 0 Å². The van der Waals surface area contributed by atoms with Crippen LogP contribution in [0.5, 0.6) is 5.75 Å². The van der Waals surface area contributed by atoms with Gasteiger partial charge in [0, 0.05) is 10.2 Å². The van der Waals surface area contributed by atoms with Gasteiger partial charge in [-0.15, -0.1) is 0 Å². The molecule has 1 fully saturated rings. The van der Waals surface area contributed by atoms with Crippen LogP contribution in [0.1, 0.15) is 39.2 Å². The predicted molar refractivity (Wildman–Crippen MR) is 76.0 cm³/mol. The average Bonchev–Trinajstić information content (AvgIpc) is 2.37. The highest BCUT2D eigenvalue weighted by atomic mass is 79.9. The van der Waals surface area contributed by atoms with Crippen molar-refractivity contribution in [3.05, 3.63) is 29.8 Å². The lowest BCUT2D eigenvalue weighted by atomic mass is 9.65. The largest absolute Gasteiger partial charge is 0.489 e. The molecule has 1 aliphatic rings. The molecule has 0 spiro atoms. The Hall–Kier alpha value is -0.500. The molecule has 0 radical (unpaired) electrons. The van der Waals surface area contributed by atoms with E-state index in [0.29, 0.717) is 10.9 Å². The summed E-state index contributed by atoms with van der Waals surface area (Å²) in [6.45, 7) is 6.74. The Morgan fingerprint density at radius 3 is 2.65 bits per heavy atom. The number of aryl methyl sites for hydroxylation is 1. The number of benzene rings is 1. The summed E-state index contributed by atoms with van der Waals surface area (Å²) >= 11 is 3.75. The van der Waals surface area contributed by atoms with Crippen molar-refractivity contribution in [2.24, 2.45) is 5.41 Å². The number of para-hydroxylation sites is 1. The van der Waals surface area contributed by atoms with Crippen molar-refractivity contribution in [3.63, 3.8) is 0 Å². The van der Waals surface area contributed by atoms with Crippen molar-refractivity contribution < 1.29 is 4.74 Å². The standard InChI is InChI=1S/C15H21BrO/c1-4-11-8-6-7-9-12(11)17-14-10-13(16)15(14,3)5-2/h6-9,13-14H,4-5,10H2,1-3H3. The average molecular weight is 297 g/mol. The van der Waals surface area contributed by atoms with Crippen molar-refractivity contribution in [3.8, 4) is 5.75 Å². The summed E-state index contributed by atoms with van der Waals surface area (Å²) in [5.41, 5.74) is 1.59. The first-order chi connectivity index (χ1) is 8.11. The van der Waals surface area contributed by atoms with Gasteiger partial charge in [-0.05, 0) is 30.9 Å². The zero-order valence-corrected chi connectivity index (χ0v) is 12.5. The first-order valence-electron chi connectivity index (χ1n) is 6.50. The Kier molecular flexibility index (Phi) is 3.82. The molecule has 0 aromatic heterocycles. The Labute approximate surface area is 113 Å². The fourth-order valence-corrected chi connectivity index (χ4v) is 3.42. The SMILES string of the molecule is CCc1ccccc1OC1CC(Br)C1(C)CC. The molecule has 17 heavy (non-hydrogen) atoms. The van der Waals surface area contributed by atoms with Gasteiger partial charge in [0.2, 0.25) is 0 Å². The van der Waals surface area contributed by atoms with E-state index in [1.54, 1.807) is 0 Å². The topological polar surface area (TPSA) is 9.23 Å². The molecule has 1 nitrogen and oxygen atoms in total. The van der Waals surface area contributed by atoms with Gasteiger partial charge in [-0.1, -0.05) is 54.9 Å². The summed E-state index contributed by atoms with van der Waals surface area (Å²) in [5, 5.41) is 0. The van der Waals surface area contributed by atoms with Gasteiger partial charge in [-0.2, -0.15) is 0 Å². The van der Waals surface area contributed by atoms with Crippen LogP contribution in [0.2, 0.25) is 0 Å². The van der Waals surface area contributed by atoms with Crippen LogP contribution < -0.4 is 4.74 Å². The highest BCUT2D eigenvalue weighted by Gasteiger charge is 2.50. The van der Waals surface area contributed by atoms with Crippen LogP contribution in [0, 0.1) is 5.41 Å². The summed E-state index contributed by atoms with van der Waals surface area (Å²) in [4.78, 5) is 0.596. The minimum Gasteiger partial charge on any atom is -0.489 e. The minimum absolute atomic E-state index is 0.279. The Balaban J connectivity index is 2.12.